The molecule has 0 aliphatic heterocycles. The van der Waals surface area contributed by atoms with E-state index in [1.807, 2.05) is 0 Å². The maximum atomic E-state index is 12.9. The van der Waals surface area contributed by atoms with Crippen molar-refractivity contribution in [3.05, 3.63) is 0 Å². The van der Waals surface area contributed by atoms with Crippen molar-refractivity contribution in [2.75, 3.05) is 0 Å². The molecule has 0 aromatic heterocycles. The number of carbonyl (C=O) groups is 2. The summed E-state index contributed by atoms with van der Waals surface area (Å²) in [4.78, 5) is 24.2. The van der Waals surface area contributed by atoms with Crippen LogP contribution in [0.5, 0.6) is 0 Å². The summed E-state index contributed by atoms with van der Waals surface area (Å²) in [5, 5.41) is 9.32. The molecule has 30 heavy (non-hydrogen) atoms. The van der Waals surface area contributed by atoms with Gasteiger partial charge in [-0.15, -0.1) is 0 Å². The quantitative estimate of drug-likeness (QED) is 0.250. The standard InChI is InChI=1S/C26H46O4/c1-21(2)14-9-6-4-3-5-7-10-17-26(18-11-8-12-19-26)30-25(29)23-16-13-15-22(20-23)24(27)28/h21-23H,3-20H2,1-2H3,(H,27,28). The summed E-state index contributed by atoms with van der Waals surface area (Å²) in [7, 11) is 0. The molecular weight excluding hydrogens is 376 g/mol. The van der Waals surface area contributed by atoms with E-state index in [9.17, 15) is 14.7 Å². The van der Waals surface area contributed by atoms with E-state index in [4.69, 9.17) is 4.74 Å². The molecule has 0 radical (unpaired) electrons. The molecule has 2 atom stereocenters. The van der Waals surface area contributed by atoms with Crippen LogP contribution >= 0.6 is 0 Å². The first-order valence-corrected chi connectivity index (χ1v) is 12.9. The molecule has 1 N–H and O–H groups in total. The highest BCUT2D eigenvalue weighted by Crippen LogP contribution is 2.39. The van der Waals surface area contributed by atoms with Crippen LogP contribution in [0.25, 0.3) is 0 Å². The number of unbranched alkanes of at least 4 members (excludes halogenated alkanes) is 6. The molecule has 2 aliphatic carbocycles. The molecule has 0 bridgehead atoms. The normalized spacial score (nSPS) is 24.0. The van der Waals surface area contributed by atoms with Crippen molar-refractivity contribution in [2.24, 2.45) is 17.8 Å². The van der Waals surface area contributed by atoms with Crippen LogP contribution in [0.15, 0.2) is 0 Å². The Kier molecular flexibility index (Phi) is 11.2. The number of esters is 1. The van der Waals surface area contributed by atoms with Gasteiger partial charge in [0.1, 0.15) is 5.60 Å². The van der Waals surface area contributed by atoms with Gasteiger partial charge in [0.25, 0.3) is 0 Å². The minimum atomic E-state index is -0.760. The van der Waals surface area contributed by atoms with E-state index >= 15 is 0 Å². The number of hydrogen-bond acceptors (Lipinski definition) is 3. The Bertz CT molecular complexity index is 507. The van der Waals surface area contributed by atoms with Gasteiger partial charge in [-0.1, -0.05) is 71.6 Å². The summed E-state index contributed by atoms with van der Waals surface area (Å²) in [6, 6.07) is 0. The van der Waals surface area contributed by atoms with E-state index in [1.165, 1.54) is 51.4 Å². The first-order valence-electron chi connectivity index (χ1n) is 12.9. The van der Waals surface area contributed by atoms with E-state index in [1.54, 1.807) is 0 Å². The van der Waals surface area contributed by atoms with Crippen LogP contribution in [0.4, 0.5) is 0 Å². The van der Waals surface area contributed by atoms with Crippen molar-refractivity contribution in [2.45, 2.75) is 135 Å². The van der Waals surface area contributed by atoms with Crippen LogP contribution < -0.4 is 0 Å². The molecule has 0 amide bonds. The lowest BCUT2D eigenvalue weighted by molar-refractivity contribution is -0.172. The van der Waals surface area contributed by atoms with Crippen molar-refractivity contribution in [3.8, 4) is 0 Å². The molecule has 2 saturated carbocycles. The molecule has 0 spiro atoms. The fourth-order valence-corrected chi connectivity index (χ4v) is 5.41. The summed E-state index contributed by atoms with van der Waals surface area (Å²) >= 11 is 0. The average Bonchev–Trinajstić information content (AvgIpc) is 2.73. The monoisotopic (exact) mass is 422 g/mol. The van der Waals surface area contributed by atoms with Gasteiger partial charge in [-0.05, 0) is 63.7 Å². The lowest BCUT2D eigenvalue weighted by Gasteiger charge is -2.39. The fraction of sp³-hybridized carbons (Fsp3) is 0.923. The topological polar surface area (TPSA) is 63.6 Å². The molecule has 2 unspecified atom stereocenters. The highest BCUT2D eigenvalue weighted by Gasteiger charge is 2.39. The summed E-state index contributed by atoms with van der Waals surface area (Å²) in [6.45, 7) is 4.60. The zero-order chi connectivity index (χ0) is 21.8. The van der Waals surface area contributed by atoms with Gasteiger partial charge in [0.2, 0.25) is 0 Å². The van der Waals surface area contributed by atoms with Gasteiger partial charge in [0.05, 0.1) is 11.8 Å². The summed E-state index contributed by atoms with van der Waals surface area (Å²) in [5.74, 6) is -0.649. The maximum absolute atomic E-state index is 12.9. The second-order valence-corrected chi connectivity index (χ2v) is 10.5. The number of hydrogen-bond donors (Lipinski definition) is 1. The zero-order valence-corrected chi connectivity index (χ0v) is 19.6. The number of carboxylic acid groups (broad SMARTS) is 1. The van der Waals surface area contributed by atoms with Gasteiger partial charge in [-0.25, -0.2) is 0 Å². The SMILES string of the molecule is CC(C)CCCCCCCCCC1(OC(=O)C2CCCC(C(=O)O)C2)CCCCC1. The molecule has 4 heteroatoms. The van der Waals surface area contributed by atoms with Crippen LogP contribution in [-0.2, 0) is 14.3 Å². The number of rotatable bonds is 13. The number of carboxylic acids is 1. The number of carbonyl (C=O) groups excluding carboxylic acids is 1. The van der Waals surface area contributed by atoms with Crippen LogP contribution in [0, 0.1) is 17.8 Å². The predicted molar refractivity (Wildman–Crippen MR) is 121 cm³/mol. The van der Waals surface area contributed by atoms with Gasteiger partial charge in [0, 0.05) is 0 Å². The van der Waals surface area contributed by atoms with E-state index in [0.717, 1.165) is 57.3 Å². The maximum Gasteiger partial charge on any atom is 0.309 e. The first-order chi connectivity index (χ1) is 14.4. The summed E-state index contributed by atoms with van der Waals surface area (Å²) in [5.41, 5.74) is -0.275. The third-order valence-electron chi connectivity index (χ3n) is 7.35. The molecule has 2 aliphatic rings. The van der Waals surface area contributed by atoms with Gasteiger partial charge >= 0.3 is 11.9 Å². The van der Waals surface area contributed by atoms with Crippen LogP contribution in [0.1, 0.15) is 129 Å². The molecule has 174 valence electrons. The Morgan fingerprint density at radius 2 is 1.47 bits per heavy atom. The number of ether oxygens (including phenoxy) is 1. The summed E-state index contributed by atoms with van der Waals surface area (Å²) < 4.78 is 6.20. The lowest BCUT2D eigenvalue weighted by atomic mass is 9.79. The Morgan fingerprint density at radius 1 is 0.867 bits per heavy atom. The fourth-order valence-electron chi connectivity index (χ4n) is 5.41. The number of aliphatic carboxylic acids is 1. The molecule has 0 saturated heterocycles. The van der Waals surface area contributed by atoms with E-state index in [-0.39, 0.29) is 23.4 Å². The molecule has 0 aromatic carbocycles. The second kappa shape index (κ2) is 13.4. The average molecular weight is 423 g/mol. The predicted octanol–water partition coefficient (Wildman–Crippen LogP) is 7.29. The van der Waals surface area contributed by atoms with Crippen molar-refractivity contribution in [1.82, 2.24) is 0 Å². The van der Waals surface area contributed by atoms with Crippen LogP contribution in [0.2, 0.25) is 0 Å². The highest BCUT2D eigenvalue weighted by molar-refractivity contribution is 5.76. The minimum absolute atomic E-state index is 0.118. The third-order valence-corrected chi connectivity index (χ3v) is 7.35. The Hall–Kier alpha value is -1.06. The molecule has 2 rings (SSSR count). The van der Waals surface area contributed by atoms with E-state index in [2.05, 4.69) is 13.8 Å². The Morgan fingerprint density at radius 3 is 2.10 bits per heavy atom. The highest BCUT2D eigenvalue weighted by atomic mass is 16.6. The van der Waals surface area contributed by atoms with Crippen LogP contribution in [-0.4, -0.2) is 22.6 Å². The lowest BCUT2D eigenvalue weighted by Crippen LogP contribution is -2.40. The van der Waals surface area contributed by atoms with Gasteiger partial charge in [-0.2, -0.15) is 0 Å². The largest absolute Gasteiger partial charge is 0.481 e. The Labute approximate surface area is 184 Å². The van der Waals surface area contributed by atoms with Gasteiger partial charge in [-0.3, -0.25) is 9.59 Å². The molecule has 2 fully saturated rings. The van der Waals surface area contributed by atoms with Crippen LogP contribution in [0.3, 0.4) is 0 Å². The smallest absolute Gasteiger partial charge is 0.309 e. The van der Waals surface area contributed by atoms with Crippen molar-refractivity contribution in [1.29, 1.82) is 0 Å². The summed E-state index contributed by atoms with van der Waals surface area (Å²) in [6.07, 6.45) is 19.7. The second-order valence-electron chi connectivity index (χ2n) is 10.5. The van der Waals surface area contributed by atoms with E-state index < -0.39 is 5.97 Å². The zero-order valence-electron chi connectivity index (χ0n) is 19.6. The molecule has 4 nitrogen and oxygen atoms in total. The van der Waals surface area contributed by atoms with E-state index in [0.29, 0.717) is 12.8 Å². The van der Waals surface area contributed by atoms with Crippen molar-refractivity contribution >= 4 is 11.9 Å². The van der Waals surface area contributed by atoms with Gasteiger partial charge < -0.3 is 9.84 Å². The Balaban J connectivity index is 1.72. The van der Waals surface area contributed by atoms with Gasteiger partial charge in [0.15, 0.2) is 0 Å². The molecule has 0 heterocycles. The minimum Gasteiger partial charge on any atom is -0.481 e. The third kappa shape index (κ3) is 8.98. The first kappa shape index (κ1) is 25.2. The molecule has 0 aromatic rings. The van der Waals surface area contributed by atoms with Crippen molar-refractivity contribution in [3.63, 3.8) is 0 Å². The molecular formula is C26H46O4. The van der Waals surface area contributed by atoms with Crippen molar-refractivity contribution < 1.29 is 19.4 Å².